The van der Waals surface area contributed by atoms with Crippen LogP contribution in [0.1, 0.15) is 51.5 Å². The highest BCUT2D eigenvalue weighted by Gasteiger charge is 2.37. The Bertz CT molecular complexity index is 1030. The quantitative estimate of drug-likeness (QED) is 0.307. The predicted octanol–water partition coefficient (Wildman–Crippen LogP) is 5.98. The highest BCUT2D eigenvalue weighted by atomic mass is 16.6. The van der Waals surface area contributed by atoms with Gasteiger partial charge in [0.15, 0.2) is 0 Å². The van der Waals surface area contributed by atoms with Crippen molar-refractivity contribution in [1.82, 2.24) is 0 Å². The first kappa shape index (κ1) is 23.2. The van der Waals surface area contributed by atoms with Crippen LogP contribution in [0.15, 0.2) is 46.6 Å². The molecule has 0 amide bonds. The van der Waals surface area contributed by atoms with E-state index in [-0.39, 0.29) is 23.6 Å². The number of nitrogens with zero attached hydrogens (tertiary/aromatic N) is 4. The molecule has 170 valence electrons. The summed E-state index contributed by atoms with van der Waals surface area (Å²) in [5, 5.41) is 28.4. The number of carboxylic acid groups (broad SMARTS) is 1. The SMILES string of the molecule is COc1cc2c(cc1/N=N/c1ccc([N+](=O)[O-])cc1)C(C)CC(C)(C)N2CCCC(=O)O. The Morgan fingerprint density at radius 2 is 1.97 bits per heavy atom. The Morgan fingerprint density at radius 3 is 2.56 bits per heavy atom. The summed E-state index contributed by atoms with van der Waals surface area (Å²) in [5.74, 6) is 0.0329. The Hall–Kier alpha value is -3.49. The van der Waals surface area contributed by atoms with E-state index in [1.54, 1.807) is 19.2 Å². The minimum atomic E-state index is -0.798. The number of azo groups is 1. The average Bonchev–Trinajstić information content (AvgIpc) is 2.73. The molecule has 1 aliphatic heterocycles. The van der Waals surface area contributed by atoms with E-state index in [0.717, 1.165) is 17.7 Å². The van der Waals surface area contributed by atoms with Crippen LogP contribution in [0.4, 0.5) is 22.7 Å². The smallest absolute Gasteiger partial charge is 0.303 e. The molecule has 2 aromatic rings. The van der Waals surface area contributed by atoms with E-state index in [1.807, 2.05) is 12.1 Å². The number of fused-ring (bicyclic) bond motifs is 1. The lowest BCUT2D eigenvalue weighted by atomic mass is 9.79. The zero-order chi connectivity index (χ0) is 23.5. The monoisotopic (exact) mass is 440 g/mol. The number of nitro groups is 1. The van der Waals surface area contributed by atoms with Crippen molar-refractivity contribution in [2.45, 2.75) is 51.5 Å². The maximum atomic E-state index is 11.0. The second-order valence-corrected chi connectivity index (χ2v) is 8.62. The second kappa shape index (κ2) is 9.33. The number of carboxylic acids is 1. The molecule has 1 heterocycles. The first-order valence-corrected chi connectivity index (χ1v) is 10.5. The summed E-state index contributed by atoms with van der Waals surface area (Å²) in [6.07, 6.45) is 1.59. The van der Waals surface area contributed by atoms with Gasteiger partial charge >= 0.3 is 5.97 Å². The maximum absolute atomic E-state index is 11.0. The number of benzene rings is 2. The average molecular weight is 441 g/mol. The van der Waals surface area contributed by atoms with Crippen LogP contribution in [-0.4, -0.2) is 35.2 Å². The zero-order valence-electron chi connectivity index (χ0n) is 18.7. The van der Waals surface area contributed by atoms with Gasteiger partial charge in [-0.3, -0.25) is 14.9 Å². The molecule has 0 radical (unpaired) electrons. The molecule has 1 unspecified atom stereocenters. The molecule has 1 atom stereocenters. The molecular formula is C23H28N4O5. The van der Waals surface area contributed by atoms with E-state index < -0.39 is 10.9 Å². The number of methoxy groups -OCH3 is 1. The standard InChI is InChI=1S/C23H28N4O5/c1-15-14-23(2,3)26(11-5-6-22(28)29)20-13-21(32-4)19(12-18(15)20)25-24-16-7-9-17(10-8-16)27(30)31/h7-10,12-13,15H,5-6,11,14H2,1-4H3,(H,28,29)/b25-24+. The molecule has 0 spiro atoms. The lowest BCUT2D eigenvalue weighted by Gasteiger charge is -2.47. The number of aliphatic carboxylic acids is 1. The Kier molecular flexibility index (Phi) is 6.76. The van der Waals surface area contributed by atoms with Crippen LogP contribution in [0.3, 0.4) is 0 Å². The normalized spacial score (nSPS) is 17.2. The number of rotatable bonds is 8. The van der Waals surface area contributed by atoms with Gasteiger partial charge in [0.05, 0.1) is 17.7 Å². The van der Waals surface area contributed by atoms with Gasteiger partial charge in [0, 0.05) is 42.4 Å². The van der Waals surface area contributed by atoms with Gasteiger partial charge in [-0.25, -0.2) is 0 Å². The first-order chi connectivity index (χ1) is 15.1. The van der Waals surface area contributed by atoms with Crippen LogP contribution in [-0.2, 0) is 4.79 Å². The van der Waals surface area contributed by atoms with Crippen molar-refractivity contribution in [1.29, 1.82) is 0 Å². The fourth-order valence-electron chi connectivity index (χ4n) is 4.30. The molecule has 0 saturated heterocycles. The van der Waals surface area contributed by atoms with Crippen molar-refractivity contribution >= 4 is 28.7 Å². The van der Waals surface area contributed by atoms with E-state index in [4.69, 9.17) is 9.84 Å². The van der Waals surface area contributed by atoms with Crippen molar-refractivity contribution in [2.75, 3.05) is 18.6 Å². The van der Waals surface area contributed by atoms with E-state index >= 15 is 0 Å². The molecule has 2 aromatic carbocycles. The van der Waals surface area contributed by atoms with Gasteiger partial charge < -0.3 is 14.7 Å². The fourth-order valence-corrected chi connectivity index (χ4v) is 4.30. The lowest BCUT2D eigenvalue weighted by Crippen LogP contribution is -2.48. The molecule has 9 nitrogen and oxygen atoms in total. The van der Waals surface area contributed by atoms with Crippen molar-refractivity contribution < 1.29 is 19.6 Å². The summed E-state index contributed by atoms with van der Waals surface area (Å²) in [6, 6.07) is 9.77. The molecule has 0 aliphatic carbocycles. The van der Waals surface area contributed by atoms with Gasteiger partial charge in [-0.15, -0.1) is 5.11 Å². The fraction of sp³-hybridized carbons (Fsp3) is 0.435. The maximum Gasteiger partial charge on any atom is 0.303 e. The minimum absolute atomic E-state index is 0.00487. The highest BCUT2D eigenvalue weighted by Crippen LogP contribution is 2.47. The van der Waals surface area contributed by atoms with Crippen LogP contribution in [0, 0.1) is 10.1 Å². The van der Waals surface area contributed by atoms with Crippen LogP contribution in [0.5, 0.6) is 5.75 Å². The Balaban J connectivity index is 1.94. The second-order valence-electron chi connectivity index (χ2n) is 8.62. The molecule has 0 saturated carbocycles. The summed E-state index contributed by atoms with van der Waals surface area (Å²) in [7, 11) is 1.57. The summed E-state index contributed by atoms with van der Waals surface area (Å²) in [6.45, 7) is 7.13. The number of ether oxygens (including phenoxy) is 1. The van der Waals surface area contributed by atoms with Gasteiger partial charge in [-0.05, 0) is 56.4 Å². The van der Waals surface area contributed by atoms with E-state index in [1.165, 1.54) is 12.1 Å². The van der Waals surface area contributed by atoms with Gasteiger partial charge in [-0.2, -0.15) is 5.11 Å². The Morgan fingerprint density at radius 1 is 1.28 bits per heavy atom. The summed E-state index contributed by atoms with van der Waals surface area (Å²) in [5.41, 5.74) is 3.07. The molecule has 9 heteroatoms. The lowest BCUT2D eigenvalue weighted by molar-refractivity contribution is -0.384. The summed E-state index contributed by atoms with van der Waals surface area (Å²) in [4.78, 5) is 23.6. The number of nitro benzene ring substituents is 1. The molecule has 1 N–H and O–H groups in total. The third kappa shape index (κ3) is 5.04. The number of anilines is 1. The van der Waals surface area contributed by atoms with Gasteiger partial charge in [0.1, 0.15) is 11.4 Å². The predicted molar refractivity (Wildman–Crippen MR) is 122 cm³/mol. The molecule has 3 rings (SSSR count). The first-order valence-electron chi connectivity index (χ1n) is 10.5. The molecule has 0 fully saturated rings. The molecular weight excluding hydrogens is 412 g/mol. The summed E-state index contributed by atoms with van der Waals surface area (Å²) >= 11 is 0. The van der Waals surface area contributed by atoms with E-state index in [2.05, 4.69) is 35.9 Å². The topological polar surface area (TPSA) is 118 Å². The third-order valence-electron chi connectivity index (χ3n) is 5.79. The number of carbonyl (C=O) groups is 1. The Labute approximate surface area is 186 Å². The molecule has 1 aliphatic rings. The van der Waals surface area contributed by atoms with Crippen molar-refractivity contribution in [3.8, 4) is 5.75 Å². The van der Waals surface area contributed by atoms with Gasteiger partial charge in [0.2, 0.25) is 0 Å². The van der Waals surface area contributed by atoms with Crippen LogP contribution >= 0.6 is 0 Å². The molecule has 0 aromatic heterocycles. The van der Waals surface area contributed by atoms with Crippen molar-refractivity contribution in [3.63, 3.8) is 0 Å². The van der Waals surface area contributed by atoms with Crippen LogP contribution in [0.2, 0.25) is 0 Å². The van der Waals surface area contributed by atoms with E-state index in [0.29, 0.717) is 30.1 Å². The van der Waals surface area contributed by atoms with Crippen LogP contribution < -0.4 is 9.64 Å². The zero-order valence-corrected chi connectivity index (χ0v) is 18.7. The highest BCUT2D eigenvalue weighted by molar-refractivity contribution is 5.70. The molecule has 0 bridgehead atoms. The molecule has 32 heavy (non-hydrogen) atoms. The summed E-state index contributed by atoms with van der Waals surface area (Å²) < 4.78 is 5.58. The van der Waals surface area contributed by atoms with Gasteiger partial charge in [-0.1, -0.05) is 6.92 Å². The number of non-ortho nitro benzene ring substituents is 1. The third-order valence-corrected chi connectivity index (χ3v) is 5.79. The van der Waals surface area contributed by atoms with Crippen LogP contribution in [0.25, 0.3) is 0 Å². The van der Waals surface area contributed by atoms with Crippen molar-refractivity contribution in [2.24, 2.45) is 10.2 Å². The van der Waals surface area contributed by atoms with Crippen molar-refractivity contribution in [3.05, 3.63) is 52.1 Å². The number of hydrogen-bond acceptors (Lipinski definition) is 7. The van der Waals surface area contributed by atoms with E-state index in [9.17, 15) is 14.9 Å². The minimum Gasteiger partial charge on any atom is -0.494 e. The largest absolute Gasteiger partial charge is 0.494 e. The number of hydrogen-bond donors (Lipinski definition) is 1. The van der Waals surface area contributed by atoms with Gasteiger partial charge in [0.25, 0.3) is 5.69 Å².